The van der Waals surface area contributed by atoms with Crippen LogP contribution in [0.3, 0.4) is 0 Å². The molecule has 0 aromatic rings. The third kappa shape index (κ3) is 9.75. The van der Waals surface area contributed by atoms with Crippen molar-refractivity contribution in [2.75, 3.05) is 6.54 Å². The normalized spacial score (nSPS) is 12.6. The summed E-state index contributed by atoms with van der Waals surface area (Å²) in [4.78, 5) is 19.3. The van der Waals surface area contributed by atoms with E-state index in [-0.39, 0.29) is 0 Å². The number of hydrogen-bond donors (Lipinski definition) is 2. The van der Waals surface area contributed by atoms with Crippen LogP contribution >= 0.6 is 7.75 Å². The van der Waals surface area contributed by atoms with Gasteiger partial charge in [0.25, 0.3) is 0 Å². The maximum atomic E-state index is 10.1. The lowest BCUT2D eigenvalue weighted by Crippen LogP contribution is -1.79. The molecule has 0 aliphatic heterocycles. The standard InChI is InChI=1S/C5H13N2O3P/c1-2-3-4-5-6-7-11(8,9)10/h2-5H2,1H3,(H2,8,9,10). The molecule has 0 saturated heterocycles. The van der Waals surface area contributed by atoms with Crippen molar-refractivity contribution in [2.24, 2.45) is 10.00 Å². The van der Waals surface area contributed by atoms with Gasteiger partial charge in [0.05, 0.1) is 6.54 Å². The maximum absolute atomic E-state index is 10.1. The van der Waals surface area contributed by atoms with E-state index in [2.05, 4.69) is 10.00 Å². The topological polar surface area (TPSA) is 82.2 Å². The summed E-state index contributed by atoms with van der Waals surface area (Å²) in [5, 5.41) is 3.34. The molecular weight excluding hydrogens is 167 g/mol. The molecule has 0 fully saturated rings. The molecule has 0 bridgehead atoms. The Hall–Kier alpha value is -0.250. The zero-order valence-electron chi connectivity index (χ0n) is 6.47. The Morgan fingerprint density at radius 3 is 2.45 bits per heavy atom. The number of nitrogens with zero attached hydrogens (tertiary/aromatic N) is 2. The lowest BCUT2D eigenvalue weighted by Gasteiger charge is -1.92. The van der Waals surface area contributed by atoms with Gasteiger partial charge in [-0.25, -0.2) is 4.57 Å². The minimum Gasteiger partial charge on any atom is -0.306 e. The number of unbranched alkanes of at least 4 members (excludes halogenated alkanes) is 2. The van der Waals surface area contributed by atoms with E-state index in [0.29, 0.717) is 6.54 Å². The highest BCUT2D eigenvalue weighted by Crippen LogP contribution is 2.36. The smallest absolute Gasteiger partial charge is 0.306 e. The Balaban J connectivity index is 3.38. The van der Waals surface area contributed by atoms with Gasteiger partial charge in [0.15, 0.2) is 0 Å². The summed E-state index contributed by atoms with van der Waals surface area (Å²) in [7, 11) is -4.26. The Morgan fingerprint density at radius 2 is 2.00 bits per heavy atom. The molecule has 0 spiro atoms. The first-order valence-corrected chi connectivity index (χ1v) is 5.07. The molecule has 5 nitrogen and oxygen atoms in total. The molecule has 0 saturated carbocycles. The van der Waals surface area contributed by atoms with Gasteiger partial charge in [-0.2, -0.15) is 5.11 Å². The molecule has 0 aromatic heterocycles. The predicted octanol–water partition coefficient (Wildman–Crippen LogP) is 1.72. The van der Waals surface area contributed by atoms with Crippen molar-refractivity contribution in [2.45, 2.75) is 26.2 Å². The Kier molecular flexibility index (Phi) is 5.28. The summed E-state index contributed by atoms with van der Waals surface area (Å²) in [6.07, 6.45) is 2.91. The summed E-state index contributed by atoms with van der Waals surface area (Å²) in [6, 6.07) is 0. The van der Waals surface area contributed by atoms with Gasteiger partial charge in [0, 0.05) is 0 Å². The van der Waals surface area contributed by atoms with Crippen LogP contribution in [0.5, 0.6) is 0 Å². The Bertz CT molecular complexity index is 165. The summed E-state index contributed by atoms with van der Waals surface area (Å²) < 4.78 is 10.1. The molecule has 66 valence electrons. The SMILES string of the molecule is CCCCCN=NP(=O)(O)O. The highest BCUT2D eigenvalue weighted by atomic mass is 31.2. The molecule has 11 heavy (non-hydrogen) atoms. The summed E-state index contributed by atoms with van der Waals surface area (Å²) in [5.41, 5.74) is 0. The van der Waals surface area contributed by atoms with Gasteiger partial charge < -0.3 is 9.79 Å². The van der Waals surface area contributed by atoms with Crippen molar-refractivity contribution in [3.63, 3.8) is 0 Å². The molecule has 2 N–H and O–H groups in total. The highest BCUT2D eigenvalue weighted by Gasteiger charge is 2.08. The molecule has 0 amide bonds. The minimum absolute atomic E-state index is 0.402. The maximum Gasteiger partial charge on any atom is 0.466 e. The molecule has 0 atom stereocenters. The first-order chi connectivity index (χ1) is 5.06. The van der Waals surface area contributed by atoms with Crippen molar-refractivity contribution in [1.29, 1.82) is 0 Å². The van der Waals surface area contributed by atoms with E-state index in [1.165, 1.54) is 0 Å². The molecule has 0 aliphatic rings. The first-order valence-electron chi connectivity index (χ1n) is 3.51. The van der Waals surface area contributed by atoms with Crippen LogP contribution in [0.15, 0.2) is 10.00 Å². The van der Waals surface area contributed by atoms with E-state index in [0.717, 1.165) is 19.3 Å². The van der Waals surface area contributed by atoms with Gasteiger partial charge in [0.1, 0.15) is 0 Å². The third-order valence-electron chi connectivity index (χ3n) is 1.04. The van der Waals surface area contributed by atoms with E-state index in [4.69, 9.17) is 9.79 Å². The van der Waals surface area contributed by atoms with Crippen molar-refractivity contribution in [1.82, 2.24) is 0 Å². The molecule has 0 unspecified atom stereocenters. The molecule has 6 heteroatoms. The van der Waals surface area contributed by atoms with Gasteiger partial charge in [-0.1, -0.05) is 24.7 Å². The van der Waals surface area contributed by atoms with Crippen LogP contribution in [0.25, 0.3) is 0 Å². The van der Waals surface area contributed by atoms with Gasteiger partial charge >= 0.3 is 7.75 Å². The van der Waals surface area contributed by atoms with Gasteiger partial charge in [-0.15, -0.1) is 0 Å². The van der Waals surface area contributed by atoms with Gasteiger partial charge in [-0.3, -0.25) is 0 Å². The van der Waals surface area contributed by atoms with Crippen LogP contribution in [0.4, 0.5) is 0 Å². The Labute approximate surface area is 65.8 Å². The highest BCUT2D eigenvalue weighted by molar-refractivity contribution is 7.50. The van der Waals surface area contributed by atoms with E-state index >= 15 is 0 Å². The number of rotatable bonds is 5. The molecule has 0 heterocycles. The zero-order chi connectivity index (χ0) is 8.74. The average molecular weight is 180 g/mol. The van der Waals surface area contributed by atoms with Crippen LogP contribution < -0.4 is 0 Å². The first kappa shape index (κ1) is 10.8. The largest absolute Gasteiger partial charge is 0.466 e. The van der Waals surface area contributed by atoms with Crippen LogP contribution in [0, 0.1) is 0 Å². The van der Waals surface area contributed by atoms with Crippen molar-refractivity contribution in [3.05, 3.63) is 0 Å². The summed E-state index contributed by atoms with van der Waals surface area (Å²) in [5.74, 6) is 0. The summed E-state index contributed by atoms with van der Waals surface area (Å²) >= 11 is 0. The second-order valence-corrected chi connectivity index (χ2v) is 3.38. The lowest BCUT2D eigenvalue weighted by molar-refractivity contribution is 0.371. The summed E-state index contributed by atoms with van der Waals surface area (Å²) in [6.45, 7) is 2.44. The van der Waals surface area contributed by atoms with E-state index < -0.39 is 7.75 Å². The van der Waals surface area contributed by atoms with Crippen LogP contribution in [-0.2, 0) is 4.57 Å². The van der Waals surface area contributed by atoms with E-state index in [1.807, 2.05) is 6.92 Å². The predicted molar refractivity (Wildman–Crippen MR) is 41.3 cm³/mol. The fourth-order valence-corrected chi connectivity index (χ4v) is 0.814. The monoisotopic (exact) mass is 180 g/mol. The molecular formula is C5H13N2O3P. The quantitative estimate of drug-likeness (QED) is 0.384. The molecule has 0 radical (unpaired) electrons. The second-order valence-electron chi connectivity index (χ2n) is 2.17. The van der Waals surface area contributed by atoms with Gasteiger partial charge in [-0.05, 0) is 6.42 Å². The minimum atomic E-state index is -4.26. The lowest BCUT2D eigenvalue weighted by atomic mass is 10.3. The second kappa shape index (κ2) is 5.41. The fraction of sp³-hybridized carbons (Fsp3) is 1.00. The molecule has 0 rings (SSSR count). The van der Waals surface area contributed by atoms with Crippen LogP contribution in [-0.4, -0.2) is 16.3 Å². The Morgan fingerprint density at radius 1 is 1.36 bits per heavy atom. The van der Waals surface area contributed by atoms with Crippen molar-refractivity contribution < 1.29 is 14.4 Å². The fourth-order valence-electron chi connectivity index (χ4n) is 0.560. The van der Waals surface area contributed by atoms with Crippen LogP contribution in [0.1, 0.15) is 26.2 Å². The molecule has 0 aromatic carbocycles. The van der Waals surface area contributed by atoms with Crippen LogP contribution in [0.2, 0.25) is 0 Å². The third-order valence-corrected chi connectivity index (χ3v) is 1.40. The van der Waals surface area contributed by atoms with Gasteiger partial charge in [0.2, 0.25) is 0 Å². The zero-order valence-corrected chi connectivity index (χ0v) is 7.37. The molecule has 0 aliphatic carbocycles. The average Bonchev–Trinajstić information content (AvgIpc) is 1.85. The number of hydrogen-bond acceptors (Lipinski definition) is 2. The van der Waals surface area contributed by atoms with E-state index in [9.17, 15) is 4.57 Å². The van der Waals surface area contributed by atoms with E-state index in [1.54, 1.807) is 0 Å². The van der Waals surface area contributed by atoms with Crippen molar-refractivity contribution >= 4 is 7.75 Å². The van der Waals surface area contributed by atoms with Crippen molar-refractivity contribution in [3.8, 4) is 0 Å².